The summed E-state index contributed by atoms with van der Waals surface area (Å²) in [4.78, 5) is 7.11. The highest BCUT2D eigenvalue weighted by molar-refractivity contribution is 5.36. The zero-order chi connectivity index (χ0) is 14.7. The number of aliphatic hydroxyl groups is 1. The summed E-state index contributed by atoms with van der Waals surface area (Å²) in [7, 11) is 0. The lowest BCUT2D eigenvalue weighted by molar-refractivity contribution is 0.0833. The van der Waals surface area contributed by atoms with Crippen LogP contribution >= 0.6 is 0 Å². The molecule has 5 nitrogen and oxygen atoms in total. The largest absolute Gasteiger partial charge is 0.484 e. The van der Waals surface area contributed by atoms with Crippen molar-refractivity contribution in [1.82, 2.24) is 9.88 Å². The first kappa shape index (κ1) is 14.6. The molecule has 21 heavy (non-hydrogen) atoms. The number of fused-ring (bicyclic) bond motifs is 1. The quantitative estimate of drug-likeness (QED) is 0.920. The number of rotatable bonds is 4. The fourth-order valence-corrected chi connectivity index (χ4v) is 3.31. The number of aromatic nitrogens is 1. The molecule has 0 aliphatic carbocycles. The summed E-state index contributed by atoms with van der Waals surface area (Å²) in [5.74, 6) is 1.75. The zero-order valence-corrected chi connectivity index (χ0v) is 12.6. The molecule has 3 rings (SSSR count). The molecule has 0 aromatic carbocycles. The van der Waals surface area contributed by atoms with E-state index in [1.807, 2.05) is 12.1 Å². The summed E-state index contributed by atoms with van der Waals surface area (Å²) in [6, 6.07) is 4.30. The Morgan fingerprint density at radius 1 is 1.38 bits per heavy atom. The minimum Gasteiger partial charge on any atom is -0.484 e. The smallest absolute Gasteiger partial charge is 0.257 e. The molecule has 1 N–H and O–H groups in total. The number of piperidine rings is 1. The van der Waals surface area contributed by atoms with Gasteiger partial charge in [-0.1, -0.05) is 6.92 Å². The van der Waals surface area contributed by atoms with Crippen molar-refractivity contribution in [3.63, 3.8) is 0 Å². The molecule has 0 spiro atoms. The second-order valence-corrected chi connectivity index (χ2v) is 5.85. The van der Waals surface area contributed by atoms with E-state index in [-0.39, 0.29) is 12.6 Å². The molecule has 3 heterocycles. The Bertz CT molecular complexity index is 481. The first-order chi connectivity index (χ1) is 10.3. The maximum atomic E-state index is 9.41. The van der Waals surface area contributed by atoms with Gasteiger partial charge in [0.15, 0.2) is 5.75 Å². The Hall–Kier alpha value is -1.33. The summed E-state index contributed by atoms with van der Waals surface area (Å²) in [6.45, 7) is 5.65. The first-order valence-corrected chi connectivity index (χ1v) is 7.93. The maximum Gasteiger partial charge on any atom is 0.257 e. The van der Waals surface area contributed by atoms with Crippen molar-refractivity contribution in [3.05, 3.63) is 17.8 Å². The lowest BCUT2D eigenvalue weighted by Crippen LogP contribution is -2.39. The van der Waals surface area contributed by atoms with Gasteiger partial charge in [0.05, 0.1) is 11.7 Å². The van der Waals surface area contributed by atoms with Gasteiger partial charge in [-0.3, -0.25) is 4.90 Å². The van der Waals surface area contributed by atoms with Crippen LogP contribution in [-0.2, 0) is 0 Å². The van der Waals surface area contributed by atoms with Gasteiger partial charge in [0.1, 0.15) is 13.2 Å². The van der Waals surface area contributed by atoms with Crippen LogP contribution in [0.1, 0.15) is 37.9 Å². The summed E-state index contributed by atoms with van der Waals surface area (Å²) in [6.07, 6.45) is 3.27. The molecule has 1 aromatic rings. The topological polar surface area (TPSA) is 54.8 Å². The number of pyridine rings is 1. The summed E-state index contributed by atoms with van der Waals surface area (Å²) < 4.78 is 11.1. The lowest BCUT2D eigenvalue weighted by Gasteiger charge is -2.37. The molecule has 116 valence electrons. The number of aliphatic hydroxyl groups excluding tert-OH is 1. The average Bonchev–Trinajstić information content (AvgIpc) is 2.56. The molecule has 5 heteroatoms. The van der Waals surface area contributed by atoms with Crippen LogP contribution in [0.2, 0.25) is 0 Å². The van der Waals surface area contributed by atoms with Gasteiger partial charge in [-0.25, -0.2) is 4.98 Å². The second-order valence-electron chi connectivity index (χ2n) is 5.85. The van der Waals surface area contributed by atoms with Crippen LogP contribution in [0.15, 0.2) is 12.1 Å². The minimum atomic E-state index is 0.279. The van der Waals surface area contributed by atoms with E-state index >= 15 is 0 Å². The molecule has 2 unspecified atom stereocenters. The number of ether oxygens (including phenoxy) is 2. The number of nitrogens with zero attached hydrogens (tertiary/aromatic N) is 2. The molecule has 1 fully saturated rings. The molecular weight excluding hydrogens is 268 g/mol. The Morgan fingerprint density at radius 3 is 3.05 bits per heavy atom. The molecular formula is C16H24N2O3. The fourth-order valence-electron chi connectivity index (χ4n) is 3.31. The molecule has 2 atom stereocenters. The molecule has 0 amide bonds. The van der Waals surface area contributed by atoms with Crippen molar-refractivity contribution in [2.24, 2.45) is 5.92 Å². The third kappa shape index (κ3) is 3.14. The lowest BCUT2D eigenvalue weighted by atomic mass is 9.96. The number of hydrogen-bond acceptors (Lipinski definition) is 5. The summed E-state index contributed by atoms with van der Waals surface area (Å²) >= 11 is 0. The normalized spacial score (nSPS) is 23.8. The van der Waals surface area contributed by atoms with Gasteiger partial charge in [0.25, 0.3) is 5.88 Å². The van der Waals surface area contributed by atoms with Crippen molar-refractivity contribution >= 4 is 0 Å². The van der Waals surface area contributed by atoms with E-state index in [1.54, 1.807) is 0 Å². The standard InChI is InChI=1S/C16H24N2O3/c1-2-14(18-7-3-4-12(10-18)11-19)13-5-6-15-16(17-13)21-9-8-20-15/h5-6,12,14,19H,2-4,7-11H2,1H3. The van der Waals surface area contributed by atoms with Crippen LogP contribution in [0.4, 0.5) is 0 Å². The van der Waals surface area contributed by atoms with Gasteiger partial charge in [-0.15, -0.1) is 0 Å². The molecule has 0 bridgehead atoms. The van der Waals surface area contributed by atoms with Gasteiger partial charge in [-0.05, 0) is 43.9 Å². The molecule has 1 saturated heterocycles. The van der Waals surface area contributed by atoms with Gasteiger partial charge in [-0.2, -0.15) is 0 Å². The minimum absolute atomic E-state index is 0.279. The van der Waals surface area contributed by atoms with Crippen LogP contribution in [0.25, 0.3) is 0 Å². The van der Waals surface area contributed by atoms with Crippen molar-refractivity contribution < 1.29 is 14.6 Å². The highest BCUT2D eigenvalue weighted by Gasteiger charge is 2.27. The van der Waals surface area contributed by atoms with Crippen molar-refractivity contribution in [1.29, 1.82) is 0 Å². The van der Waals surface area contributed by atoms with Crippen LogP contribution < -0.4 is 9.47 Å². The Morgan fingerprint density at radius 2 is 2.24 bits per heavy atom. The maximum absolute atomic E-state index is 9.41. The SMILES string of the molecule is CCC(c1ccc2c(n1)OCCO2)N1CCCC(CO)C1. The van der Waals surface area contributed by atoms with Gasteiger partial charge < -0.3 is 14.6 Å². The van der Waals surface area contributed by atoms with E-state index in [2.05, 4.69) is 16.8 Å². The predicted molar refractivity (Wildman–Crippen MR) is 79.6 cm³/mol. The molecule has 2 aliphatic rings. The van der Waals surface area contributed by atoms with Crippen LogP contribution in [0, 0.1) is 5.92 Å². The van der Waals surface area contributed by atoms with E-state index in [1.165, 1.54) is 0 Å². The average molecular weight is 292 g/mol. The molecule has 2 aliphatic heterocycles. The summed E-state index contributed by atoms with van der Waals surface area (Å²) in [5, 5.41) is 9.41. The van der Waals surface area contributed by atoms with E-state index in [0.29, 0.717) is 25.0 Å². The van der Waals surface area contributed by atoms with Gasteiger partial charge in [0.2, 0.25) is 0 Å². The van der Waals surface area contributed by atoms with E-state index in [0.717, 1.165) is 43.8 Å². The Labute approximate surface area is 125 Å². The number of likely N-dealkylation sites (tertiary alicyclic amines) is 1. The van der Waals surface area contributed by atoms with E-state index < -0.39 is 0 Å². The number of hydrogen-bond donors (Lipinski definition) is 1. The second kappa shape index (κ2) is 6.62. The summed E-state index contributed by atoms with van der Waals surface area (Å²) in [5.41, 5.74) is 1.04. The Kier molecular flexibility index (Phi) is 4.60. The van der Waals surface area contributed by atoms with Crippen LogP contribution in [-0.4, -0.2) is 47.9 Å². The van der Waals surface area contributed by atoms with Crippen molar-refractivity contribution in [2.45, 2.75) is 32.2 Å². The Balaban J connectivity index is 1.79. The predicted octanol–water partition coefficient (Wildman–Crippen LogP) is 2.01. The molecule has 0 radical (unpaired) electrons. The van der Waals surface area contributed by atoms with Crippen molar-refractivity contribution in [3.8, 4) is 11.6 Å². The molecule has 0 saturated carbocycles. The highest BCUT2D eigenvalue weighted by atomic mass is 16.6. The third-order valence-corrected chi connectivity index (χ3v) is 4.40. The first-order valence-electron chi connectivity index (χ1n) is 7.93. The zero-order valence-electron chi connectivity index (χ0n) is 12.6. The van der Waals surface area contributed by atoms with Gasteiger partial charge in [0, 0.05) is 13.2 Å². The highest BCUT2D eigenvalue weighted by Crippen LogP contribution is 2.33. The van der Waals surface area contributed by atoms with E-state index in [4.69, 9.17) is 9.47 Å². The fraction of sp³-hybridized carbons (Fsp3) is 0.688. The van der Waals surface area contributed by atoms with Gasteiger partial charge >= 0.3 is 0 Å². The molecule has 1 aromatic heterocycles. The van der Waals surface area contributed by atoms with Crippen LogP contribution in [0.3, 0.4) is 0 Å². The third-order valence-electron chi connectivity index (χ3n) is 4.40. The van der Waals surface area contributed by atoms with E-state index in [9.17, 15) is 5.11 Å². The van der Waals surface area contributed by atoms with Crippen LogP contribution in [0.5, 0.6) is 11.6 Å². The monoisotopic (exact) mass is 292 g/mol. The van der Waals surface area contributed by atoms with Crippen molar-refractivity contribution in [2.75, 3.05) is 32.9 Å².